The Hall–Kier alpha value is -3.18. The Balaban J connectivity index is 7.12. The molecule has 42 heavy (non-hydrogen) atoms. The van der Waals surface area contributed by atoms with Crippen molar-refractivity contribution in [2.24, 2.45) is 35.5 Å². The molecule has 0 aromatic carbocycles. The van der Waals surface area contributed by atoms with Gasteiger partial charge < -0.3 is 28.4 Å². The first-order valence-corrected chi connectivity index (χ1v) is 14.4. The SMILES string of the molecule is CC(C)C(=O)OC[C@@H](OC(=O)C(C)C)[C@@H](OC(=O)C(C)C)[C@H](OC(=O)C(C)C)[C@@H](COC(=O)C(C)C)OC(=O)C(C)C. The van der Waals surface area contributed by atoms with Crippen molar-refractivity contribution in [1.82, 2.24) is 0 Å². The second kappa shape index (κ2) is 18.4. The second-order valence-electron chi connectivity index (χ2n) is 11.9. The summed E-state index contributed by atoms with van der Waals surface area (Å²) in [7, 11) is 0. The van der Waals surface area contributed by atoms with E-state index in [4.69, 9.17) is 28.4 Å². The summed E-state index contributed by atoms with van der Waals surface area (Å²) in [5.74, 6) is -7.91. The Kier molecular flexibility index (Phi) is 17.0. The topological polar surface area (TPSA) is 158 Å². The van der Waals surface area contributed by atoms with Crippen molar-refractivity contribution in [3.8, 4) is 0 Å². The van der Waals surface area contributed by atoms with E-state index in [1.165, 1.54) is 0 Å². The van der Waals surface area contributed by atoms with Crippen LogP contribution in [0.25, 0.3) is 0 Å². The smallest absolute Gasteiger partial charge is 0.308 e. The van der Waals surface area contributed by atoms with Gasteiger partial charge in [0.25, 0.3) is 0 Å². The summed E-state index contributed by atoms with van der Waals surface area (Å²) in [5.41, 5.74) is 0. The maximum absolute atomic E-state index is 13.0. The van der Waals surface area contributed by atoms with Crippen LogP contribution in [0, 0.1) is 35.5 Å². The third kappa shape index (κ3) is 13.7. The maximum atomic E-state index is 13.0. The molecule has 0 aliphatic carbocycles. The Morgan fingerprint density at radius 1 is 0.357 bits per heavy atom. The molecule has 0 bridgehead atoms. The highest BCUT2D eigenvalue weighted by molar-refractivity contribution is 5.75. The van der Waals surface area contributed by atoms with Gasteiger partial charge in [0.2, 0.25) is 0 Å². The number of carbonyl (C=O) groups is 6. The number of carbonyl (C=O) groups excluding carboxylic acids is 6. The van der Waals surface area contributed by atoms with Gasteiger partial charge in [-0.05, 0) is 0 Å². The number of hydrogen-bond acceptors (Lipinski definition) is 12. The highest BCUT2D eigenvalue weighted by Gasteiger charge is 2.46. The predicted molar refractivity (Wildman–Crippen MR) is 150 cm³/mol. The lowest BCUT2D eigenvalue weighted by molar-refractivity contribution is -0.213. The van der Waals surface area contributed by atoms with Crippen LogP contribution >= 0.6 is 0 Å². The summed E-state index contributed by atoms with van der Waals surface area (Å²) in [4.78, 5) is 76.2. The molecule has 0 heterocycles. The van der Waals surface area contributed by atoms with Crippen LogP contribution in [-0.2, 0) is 57.2 Å². The summed E-state index contributed by atoms with van der Waals surface area (Å²) in [6.07, 6.45) is -6.24. The van der Waals surface area contributed by atoms with E-state index in [0.29, 0.717) is 0 Å². The normalized spacial score (nSPS) is 14.4. The molecule has 0 fully saturated rings. The van der Waals surface area contributed by atoms with Gasteiger partial charge >= 0.3 is 35.8 Å². The lowest BCUT2D eigenvalue weighted by atomic mass is 10.0. The van der Waals surface area contributed by atoms with Gasteiger partial charge in [-0.1, -0.05) is 83.1 Å². The van der Waals surface area contributed by atoms with Gasteiger partial charge in [0, 0.05) is 0 Å². The first-order valence-electron chi connectivity index (χ1n) is 14.4. The minimum absolute atomic E-state index is 0.534. The summed E-state index contributed by atoms with van der Waals surface area (Å²) >= 11 is 0. The maximum Gasteiger partial charge on any atom is 0.308 e. The third-order valence-corrected chi connectivity index (χ3v) is 5.70. The summed E-state index contributed by atoms with van der Waals surface area (Å²) in [6.45, 7) is 17.8. The lowest BCUT2D eigenvalue weighted by Gasteiger charge is -2.36. The fraction of sp³-hybridized carbons (Fsp3) is 0.800. The Morgan fingerprint density at radius 3 is 0.786 bits per heavy atom. The van der Waals surface area contributed by atoms with E-state index in [9.17, 15) is 28.8 Å². The molecular weight excluding hydrogens is 552 g/mol. The van der Waals surface area contributed by atoms with Crippen LogP contribution in [0.4, 0.5) is 0 Å². The van der Waals surface area contributed by atoms with Gasteiger partial charge in [0.05, 0.1) is 35.5 Å². The Labute approximate surface area is 249 Å². The average Bonchev–Trinajstić information content (AvgIpc) is 2.89. The van der Waals surface area contributed by atoms with Gasteiger partial charge in [-0.2, -0.15) is 0 Å². The Bertz CT molecular complexity index is 845. The van der Waals surface area contributed by atoms with E-state index in [2.05, 4.69) is 0 Å². The van der Waals surface area contributed by atoms with Crippen LogP contribution in [0.15, 0.2) is 0 Å². The van der Waals surface area contributed by atoms with Crippen molar-refractivity contribution in [3.63, 3.8) is 0 Å². The molecule has 0 saturated carbocycles. The summed E-state index contributed by atoms with van der Waals surface area (Å²) < 4.78 is 33.5. The summed E-state index contributed by atoms with van der Waals surface area (Å²) in [5, 5.41) is 0. The summed E-state index contributed by atoms with van der Waals surface area (Å²) in [6, 6.07) is 0. The molecule has 0 unspecified atom stereocenters. The van der Waals surface area contributed by atoms with Gasteiger partial charge in [-0.15, -0.1) is 0 Å². The van der Waals surface area contributed by atoms with E-state index >= 15 is 0 Å². The minimum atomic E-state index is -1.63. The number of ether oxygens (including phenoxy) is 6. The average molecular weight is 603 g/mol. The molecule has 12 nitrogen and oxygen atoms in total. The van der Waals surface area contributed by atoms with Gasteiger partial charge in [-0.3, -0.25) is 28.8 Å². The molecule has 0 N–H and O–H groups in total. The Morgan fingerprint density at radius 2 is 0.571 bits per heavy atom. The van der Waals surface area contributed by atoms with E-state index in [1.54, 1.807) is 83.1 Å². The van der Waals surface area contributed by atoms with Gasteiger partial charge in [0.15, 0.2) is 24.4 Å². The standard InChI is InChI=1S/C30H50O12/c1-15(2)25(31)37-13-21(39-27(33)17(5)6)23(41-29(35)19(9)10)24(42-30(36)20(11)12)22(40-28(34)18(7)8)14-38-26(32)16(3)4/h15-24H,13-14H2,1-12H3/t21-,22-,23-,24-/m1/s1. The quantitative estimate of drug-likeness (QED) is 0.176. The first-order chi connectivity index (χ1) is 19.3. The highest BCUT2D eigenvalue weighted by Crippen LogP contribution is 2.24. The fourth-order valence-electron chi connectivity index (χ4n) is 2.87. The van der Waals surface area contributed by atoms with Crippen LogP contribution in [0.1, 0.15) is 83.1 Å². The molecule has 0 spiro atoms. The van der Waals surface area contributed by atoms with Crippen molar-refractivity contribution in [1.29, 1.82) is 0 Å². The lowest BCUT2D eigenvalue weighted by Crippen LogP contribution is -2.55. The molecule has 0 aromatic heterocycles. The van der Waals surface area contributed by atoms with E-state index in [-0.39, 0.29) is 0 Å². The molecule has 0 aliphatic rings. The van der Waals surface area contributed by atoms with E-state index in [1.807, 2.05) is 0 Å². The van der Waals surface area contributed by atoms with Crippen molar-refractivity contribution >= 4 is 35.8 Å². The number of hydrogen-bond donors (Lipinski definition) is 0. The van der Waals surface area contributed by atoms with Crippen molar-refractivity contribution in [2.75, 3.05) is 13.2 Å². The van der Waals surface area contributed by atoms with Crippen LogP contribution in [0.3, 0.4) is 0 Å². The fourth-order valence-corrected chi connectivity index (χ4v) is 2.87. The van der Waals surface area contributed by atoms with Crippen LogP contribution in [0.5, 0.6) is 0 Å². The number of esters is 6. The molecule has 0 rings (SSSR count). The zero-order valence-corrected chi connectivity index (χ0v) is 27.1. The molecular formula is C30H50O12. The first kappa shape index (κ1) is 38.8. The minimum Gasteiger partial charge on any atom is -0.461 e. The molecule has 0 amide bonds. The highest BCUT2D eigenvalue weighted by atomic mass is 16.6. The van der Waals surface area contributed by atoms with Gasteiger partial charge in [-0.25, -0.2) is 0 Å². The van der Waals surface area contributed by atoms with Crippen molar-refractivity contribution in [3.05, 3.63) is 0 Å². The monoisotopic (exact) mass is 602 g/mol. The zero-order chi connectivity index (χ0) is 32.9. The predicted octanol–water partition coefficient (Wildman–Crippen LogP) is 3.66. The van der Waals surface area contributed by atoms with Gasteiger partial charge in [0.1, 0.15) is 13.2 Å². The third-order valence-electron chi connectivity index (χ3n) is 5.70. The molecule has 242 valence electrons. The number of rotatable bonds is 17. The van der Waals surface area contributed by atoms with Crippen molar-refractivity contribution in [2.45, 2.75) is 108 Å². The largest absolute Gasteiger partial charge is 0.461 e. The zero-order valence-electron chi connectivity index (χ0n) is 27.1. The molecule has 0 saturated heterocycles. The van der Waals surface area contributed by atoms with E-state index in [0.717, 1.165) is 0 Å². The van der Waals surface area contributed by atoms with Crippen molar-refractivity contribution < 1.29 is 57.2 Å². The molecule has 0 radical (unpaired) electrons. The molecule has 0 aromatic rings. The van der Waals surface area contributed by atoms with Crippen LogP contribution < -0.4 is 0 Å². The van der Waals surface area contributed by atoms with E-state index < -0.39 is 109 Å². The van der Waals surface area contributed by atoms with Crippen LogP contribution in [0.2, 0.25) is 0 Å². The molecule has 0 aliphatic heterocycles. The molecule has 4 atom stereocenters. The molecule has 12 heteroatoms. The van der Waals surface area contributed by atoms with Crippen LogP contribution in [-0.4, -0.2) is 73.4 Å². The second-order valence-corrected chi connectivity index (χ2v) is 11.9.